The van der Waals surface area contributed by atoms with Gasteiger partial charge >= 0.3 is 5.97 Å². The van der Waals surface area contributed by atoms with Gasteiger partial charge in [0.25, 0.3) is 0 Å². The lowest BCUT2D eigenvalue weighted by atomic mass is 9.75. The molecule has 2 heterocycles. The first-order valence-corrected chi connectivity index (χ1v) is 9.38. The van der Waals surface area contributed by atoms with E-state index < -0.39 is 12.0 Å². The minimum absolute atomic E-state index is 0.00806. The summed E-state index contributed by atoms with van der Waals surface area (Å²) in [5.74, 6) is -0.469. The number of aromatic amines is 1. The second-order valence-electron chi connectivity index (χ2n) is 7.50. The molecule has 3 N–H and O–H groups in total. The van der Waals surface area contributed by atoms with Gasteiger partial charge in [-0.2, -0.15) is 0 Å². The summed E-state index contributed by atoms with van der Waals surface area (Å²) >= 11 is 0. The van der Waals surface area contributed by atoms with E-state index in [2.05, 4.69) is 46.7 Å². The maximum absolute atomic E-state index is 11.8. The van der Waals surface area contributed by atoms with Gasteiger partial charge in [0.2, 0.25) is 0 Å². The third-order valence-corrected chi connectivity index (χ3v) is 6.06. The fraction of sp³-hybridized carbons (Fsp3) is 0.318. The van der Waals surface area contributed by atoms with Gasteiger partial charge in [-0.1, -0.05) is 42.5 Å². The molecule has 1 aliphatic heterocycles. The Balaban J connectivity index is 1.67. The van der Waals surface area contributed by atoms with E-state index in [9.17, 15) is 9.90 Å². The largest absolute Gasteiger partial charge is 0.480 e. The summed E-state index contributed by atoms with van der Waals surface area (Å²) in [6, 6.07) is 16.3. The molecule has 0 saturated carbocycles. The number of benzene rings is 2. The lowest BCUT2D eigenvalue weighted by Gasteiger charge is -2.37. The highest BCUT2D eigenvalue weighted by Crippen LogP contribution is 2.44. The van der Waals surface area contributed by atoms with Crippen LogP contribution >= 0.6 is 0 Å². The number of fused-ring (bicyclic) bond motifs is 4. The van der Waals surface area contributed by atoms with Gasteiger partial charge in [0.05, 0.1) is 6.04 Å². The summed E-state index contributed by atoms with van der Waals surface area (Å²) in [7, 11) is 0. The van der Waals surface area contributed by atoms with Crippen molar-refractivity contribution in [1.82, 2.24) is 10.3 Å². The van der Waals surface area contributed by atoms with Crippen molar-refractivity contribution in [1.29, 1.82) is 0 Å². The number of aromatic nitrogens is 1. The standard InChI is InChI=1S/C22H22N2O2/c25-22(26)19-12-17-15-9-3-4-11-18(15)23-21(17)20(24-19)16-10-5-7-13-6-1-2-8-14(13)16/h1-4,6,8-9,11,16,19-20,23-24H,5,7,10,12H2,(H,25,26). The van der Waals surface area contributed by atoms with Crippen molar-refractivity contribution >= 4 is 16.9 Å². The van der Waals surface area contributed by atoms with E-state index in [4.69, 9.17) is 0 Å². The fourth-order valence-electron chi connectivity index (χ4n) is 4.88. The van der Waals surface area contributed by atoms with Crippen molar-refractivity contribution in [3.05, 3.63) is 70.9 Å². The van der Waals surface area contributed by atoms with Gasteiger partial charge in [-0.3, -0.25) is 10.1 Å². The first-order valence-electron chi connectivity index (χ1n) is 9.38. The van der Waals surface area contributed by atoms with Crippen molar-refractivity contribution in [2.75, 3.05) is 0 Å². The summed E-state index contributed by atoms with van der Waals surface area (Å²) in [5.41, 5.74) is 6.21. The number of nitrogens with one attached hydrogen (secondary N) is 2. The van der Waals surface area contributed by atoms with Crippen LogP contribution in [0.25, 0.3) is 10.9 Å². The average molecular weight is 346 g/mol. The van der Waals surface area contributed by atoms with E-state index in [-0.39, 0.29) is 6.04 Å². The van der Waals surface area contributed by atoms with E-state index in [1.54, 1.807) is 0 Å². The summed E-state index contributed by atoms with van der Waals surface area (Å²) in [4.78, 5) is 15.4. The molecule has 4 heteroatoms. The molecule has 2 aliphatic rings. The average Bonchev–Trinajstić information content (AvgIpc) is 3.05. The molecular weight excluding hydrogens is 324 g/mol. The molecule has 0 saturated heterocycles. The van der Waals surface area contributed by atoms with Crippen LogP contribution in [0.3, 0.4) is 0 Å². The minimum Gasteiger partial charge on any atom is -0.480 e. The van der Waals surface area contributed by atoms with E-state index in [1.165, 1.54) is 22.4 Å². The molecular formula is C22H22N2O2. The third-order valence-electron chi connectivity index (χ3n) is 6.06. The SMILES string of the molecule is O=C(O)C1Cc2c([nH]c3ccccc23)C(C2CCCc3ccccc32)N1. The Morgan fingerprint density at radius 2 is 1.88 bits per heavy atom. The molecule has 4 nitrogen and oxygen atoms in total. The molecule has 0 spiro atoms. The Bertz CT molecular complexity index is 991. The van der Waals surface area contributed by atoms with E-state index in [1.807, 2.05) is 12.1 Å². The summed E-state index contributed by atoms with van der Waals surface area (Å²) in [6.45, 7) is 0. The molecule has 0 fully saturated rings. The van der Waals surface area contributed by atoms with Crippen LogP contribution < -0.4 is 5.32 Å². The molecule has 0 bridgehead atoms. The van der Waals surface area contributed by atoms with Crippen LogP contribution in [0, 0.1) is 0 Å². The summed E-state index contributed by atoms with van der Waals surface area (Å²) in [5, 5.41) is 14.3. The second-order valence-corrected chi connectivity index (χ2v) is 7.50. The molecule has 26 heavy (non-hydrogen) atoms. The smallest absolute Gasteiger partial charge is 0.321 e. The number of aryl methyl sites for hydroxylation is 1. The Kier molecular flexibility index (Phi) is 3.61. The fourth-order valence-corrected chi connectivity index (χ4v) is 4.88. The molecule has 3 atom stereocenters. The van der Waals surface area contributed by atoms with Crippen molar-refractivity contribution in [3.8, 4) is 0 Å². The molecule has 1 aromatic heterocycles. The predicted octanol–water partition coefficient (Wildman–Crippen LogP) is 3.93. The number of carboxylic acids is 1. The van der Waals surface area contributed by atoms with Gasteiger partial charge in [-0.25, -0.2) is 0 Å². The molecule has 3 unspecified atom stereocenters. The van der Waals surface area contributed by atoms with Crippen molar-refractivity contribution in [3.63, 3.8) is 0 Å². The molecule has 3 aromatic rings. The van der Waals surface area contributed by atoms with Crippen LogP contribution in [0.15, 0.2) is 48.5 Å². The van der Waals surface area contributed by atoms with Crippen molar-refractivity contribution in [2.45, 2.75) is 43.7 Å². The molecule has 1 aliphatic carbocycles. The maximum atomic E-state index is 11.8. The first kappa shape index (κ1) is 15.6. The molecule has 2 aromatic carbocycles. The number of hydrogen-bond donors (Lipinski definition) is 3. The van der Waals surface area contributed by atoms with Crippen molar-refractivity contribution < 1.29 is 9.90 Å². The Morgan fingerprint density at radius 1 is 1.08 bits per heavy atom. The Morgan fingerprint density at radius 3 is 2.77 bits per heavy atom. The van der Waals surface area contributed by atoms with Crippen LogP contribution in [0.1, 0.15) is 47.2 Å². The van der Waals surface area contributed by atoms with Crippen LogP contribution in [-0.4, -0.2) is 22.1 Å². The number of aliphatic carboxylic acids is 1. The second kappa shape index (κ2) is 5.99. The first-order chi connectivity index (χ1) is 12.7. The van der Waals surface area contributed by atoms with Crippen LogP contribution in [0.2, 0.25) is 0 Å². The van der Waals surface area contributed by atoms with E-state index in [0.29, 0.717) is 12.3 Å². The highest BCUT2D eigenvalue weighted by molar-refractivity contribution is 5.86. The summed E-state index contributed by atoms with van der Waals surface area (Å²) < 4.78 is 0. The lowest BCUT2D eigenvalue weighted by Crippen LogP contribution is -2.46. The molecule has 0 radical (unpaired) electrons. The van der Waals surface area contributed by atoms with Crippen LogP contribution in [-0.2, 0) is 17.6 Å². The zero-order valence-electron chi connectivity index (χ0n) is 14.5. The normalized spacial score (nSPS) is 24.8. The predicted molar refractivity (Wildman–Crippen MR) is 101 cm³/mol. The van der Waals surface area contributed by atoms with E-state index >= 15 is 0 Å². The van der Waals surface area contributed by atoms with Gasteiger partial charge in [-0.15, -0.1) is 0 Å². The maximum Gasteiger partial charge on any atom is 0.321 e. The molecule has 0 amide bonds. The zero-order valence-corrected chi connectivity index (χ0v) is 14.5. The van der Waals surface area contributed by atoms with Crippen LogP contribution in [0.5, 0.6) is 0 Å². The molecule has 5 rings (SSSR count). The van der Waals surface area contributed by atoms with Gasteiger partial charge in [-0.05, 0) is 42.0 Å². The number of H-pyrrole nitrogens is 1. The Hall–Kier alpha value is -2.59. The number of para-hydroxylation sites is 1. The zero-order chi connectivity index (χ0) is 17.7. The van der Waals surface area contributed by atoms with Gasteiger partial charge in [0.1, 0.15) is 6.04 Å². The number of hydrogen-bond acceptors (Lipinski definition) is 2. The number of rotatable bonds is 2. The van der Waals surface area contributed by atoms with Gasteiger partial charge < -0.3 is 10.1 Å². The topological polar surface area (TPSA) is 65.1 Å². The Labute approximate surface area is 152 Å². The number of carboxylic acid groups (broad SMARTS) is 1. The third kappa shape index (κ3) is 2.36. The van der Waals surface area contributed by atoms with Crippen molar-refractivity contribution in [2.24, 2.45) is 0 Å². The molecule has 132 valence electrons. The van der Waals surface area contributed by atoms with E-state index in [0.717, 1.165) is 30.2 Å². The van der Waals surface area contributed by atoms with Crippen LogP contribution in [0.4, 0.5) is 0 Å². The number of carbonyl (C=O) groups is 1. The van der Waals surface area contributed by atoms with Gasteiger partial charge in [0.15, 0.2) is 0 Å². The van der Waals surface area contributed by atoms with Gasteiger partial charge in [0, 0.05) is 28.9 Å². The highest BCUT2D eigenvalue weighted by atomic mass is 16.4. The highest BCUT2D eigenvalue weighted by Gasteiger charge is 2.38. The minimum atomic E-state index is -0.768. The quantitative estimate of drug-likeness (QED) is 0.659. The summed E-state index contributed by atoms with van der Waals surface area (Å²) in [6.07, 6.45) is 3.86. The monoisotopic (exact) mass is 346 g/mol. The lowest BCUT2D eigenvalue weighted by molar-refractivity contribution is -0.140.